The molecule has 26 heavy (non-hydrogen) atoms. The van der Waals surface area contributed by atoms with Crippen molar-refractivity contribution in [3.8, 4) is 0 Å². The molecule has 1 aliphatic carbocycles. The van der Waals surface area contributed by atoms with Crippen LogP contribution < -0.4 is 10.6 Å². The van der Waals surface area contributed by atoms with Gasteiger partial charge in [-0.15, -0.1) is 11.3 Å². The quantitative estimate of drug-likeness (QED) is 0.792. The molecule has 0 bridgehead atoms. The SMILES string of the molecule is Cc1nc(CO[C@@H]2CCN(C(=O)CNC(=O)NC3CCCCC3)C2)cs1. The molecule has 2 N–H and O–H groups in total. The van der Waals surface area contributed by atoms with Crippen molar-refractivity contribution in [2.24, 2.45) is 0 Å². The standard InChI is InChI=1S/C18H28N4O3S/c1-13-20-15(12-26-13)11-25-16-7-8-22(10-16)17(23)9-19-18(24)21-14-5-3-2-4-6-14/h12,14,16H,2-11H2,1H3,(H2,19,21,24)/t16-/m1/s1. The fraction of sp³-hybridized carbons (Fsp3) is 0.722. The number of hydrogen-bond acceptors (Lipinski definition) is 5. The number of aryl methyl sites for hydroxylation is 1. The first-order valence-electron chi connectivity index (χ1n) is 9.45. The Morgan fingerprint density at radius 2 is 2.12 bits per heavy atom. The molecule has 1 saturated carbocycles. The number of nitrogens with one attached hydrogen (secondary N) is 2. The fourth-order valence-corrected chi connectivity index (χ4v) is 4.12. The number of carbonyl (C=O) groups is 2. The van der Waals surface area contributed by atoms with Crippen LogP contribution in [-0.2, 0) is 16.1 Å². The zero-order valence-electron chi connectivity index (χ0n) is 15.3. The first kappa shape index (κ1) is 19.1. The lowest BCUT2D eigenvalue weighted by molar-refractivity contribution is -0.129. The van der Waals surface area contributed by atoms with Gasteiger partial charge in [0, 0.05) is 24.5 Å². The normalized spacial score (nSPS) is 21.0. The predicted molar refractivity (Wildman–Crippen MR) is 100 cm³/mol. The molecular formula is C18H28N4O3S. The molecule has 2 fully saturated rings. The summed E-state index contributed by atoms with van der Waals surface area (Å²) in [6, 6.07) is 0.00826. The number of thiazole rings is 1. The summed E-state index contributed by atoms with van der Waals surface area (Å²) in [4.78, 5) is 30.4. The van der Waals surface area contributed by atoms with E-state index in [1.54, 1.807) is 16.2 Å². The van der Waals surface area contributed by atoms with Crippen molar-refractivity contribution in [1.29, 1.82) is 0 Å². The van der Waals surface area contributed by atoms with Crippen LogP contribution in [0.25, 0.3) is 0 Å². The van der Waals surface area contributed by atoms with Gasteiger partial charge in [-0.25, -0.2) is 9.78 Å². The highest BCUT2D eigenvalue weighted by molar-refractivity contribution is 7.09. The minimum absolute atomic E-state index is 0.0382. The monoisotopic (exact) mass is 380 g/mol. The third-order valence-electron chi connectivity index (χ3n) is 4.97. The Morgan fingerprint density at radius 3 is 2.85 bits per heavy atom. The van der Waals surface area contributed by atoms with E-state index in [0.29, 0.717) is 19.7 Å². The van der Waals surface area contributed by atoms with Gasteiger partial charge >= 0.3 is 6.03 Å². The third kappa shape index (κ3) is 5.67. The lowest BCUT2D eigenvalue weighted by Gasteiger charge is -2.23. The van der Waals surface area contributed by atoms with Gasteiger partial charge in [-0.1, -0.05) is 19.3 Å². The Bertz CT molecular complexity index is 615. The van der Waals surface area contributed by atoms with Crippen LogP contribution in [0.4, 0.5) is 4.79 Å². The van der Waals surface area contributed by atoms with Crippen molar-refractivity contribution in [2.75, 3.05) is 19.6 Å². The lowest BCUT2D eigenvalue weighted by Crippen LogP contribution is -2.46. The average molecular weight is 381 g/mol. The molecule has 3 amide bonds. The molecule has 7 nitrogen and oxygen atoms in total. The lowest BCUT2D eigenvalue weighted by atomic mass is 9.96. The largest absolute Gasteiger partial charge is 0.370 e. The summed E-state index contributed by atoms with van der Waals surface area (Å²) >= 11 is 1.61. The van der Waals surface area contributed by atoms with Crippen LogP contribution in [0.2, 0.25) is 0 Å². The number of carbonyl (C=O) groups excluding carboxylic acids is 2. The number of nitrogens with zero attached hydrogens (tertiary/aromatic N) is 2. The highest BCUT2D eigenvalue weighted by Crippen LogP contribution is 2.17. The number of urea groups is 1. The Balaban J connectivity index is 1.32. The molecule has 3 rings (SSSR count). The zero-order valence-corrected chi connectivity index (χ0v) is 16.1. The van der Waals surface area contributed by atoms with Gasteiger partial charge in [0.05, 0.1) is 30.0 Å². The van der Waals surface area contributed by atoms with Gasteiger partial charge in [0.1, 0.15) is 0 Å². The first-order valence-corrected chi connectivity index (χ1v) is 10.3. The van der Waals surface area contributed by atoms with E-state index in [0.717, 1.165) is 30.0 Å². The van der Waals surface area contributed by atoms with Gasteiger partial charge in [-0.3, -0.25) is 4.79 Å². The van der Waals surface area contributed by atoms with E-state index in [1.807, 2.05) is 12.3 Å². The molecule has 1 saturated heterocycles. The van der Waals surface area contributed by atoms with Crippen molar-refractivity contribution < 1.29 is 14.3 Å². The van der Waals surface area contributed by atoms with Crippen molar-refractivity contribution in [3.63, 3.8) is 0 Å². The van der Waals surface area contributed by atoms with Gasteiger partial charge in [-0.2, -0.15) is 0 Å². The molecule has 1 aromatic rings. The smallest absolute Gasteiger partial charge is 0.315 e. The van der Waals surface area contributed by atoms with E-state index in [1.165, 1.54) is 19.3 Å². The molecule has 0 radical (unpaired) electrons. The molecule has 1 atom stereocenters. The van der Waals surface area contributed by atoms with Crippen molar-refractivity contribution >= 4 is 23.3 Å². The van der Waals surface area contributed by atoms with Gasteiger partial charge < -0.3 is 20.3 Å². The van der Waals surface area contributed by atoms with Crippen LogP contribution in [0.5, 0.6) is 0 Å². The van der Waals surface area contributed by atoms with Gasteiger partial charge in [-0.05, 0) is 26.2 Å². The summed E-state index contributed by atoms with van der Waals surface area (Å²) in [7, 11) is 0. The van der Waals surface area contributed by atoms with E-state index in [-0.39, 0.29) is 30.6 Å². The molecule has 0 aromatic carbocycles. The number of aromatic nitrogens is 1. The molecule has 0 unspecified atom stereocenters. The summed E-state index contributed by atoms with van der Waals surface area (Å²) in [6.45, 7) is 3.75. The van der Waals surface area contributed by atoms with Crippen LogP contribution in [0.15, 0.2) is 5.38 Å². The minimum atomic E-state index is -0.240. The van der Waals surface area contributed by atoms with E-state index in [9.17, 15) is 9.59 Å². The van der Waals surface area contributed by atoms with E-state index < -0.39 is 0 Å². The average Bonchev–Trinajstić information content (AvgIpc) is 3.28. The topological polar surface area (TPSA) is 83.6 Å². The van der Waals surface area contributed by atoms with Gasteiger partial charge in [0.2, 0.25) is 5.91 Å². The summed E-state index contributed by atoms with van der Waals surface area (Å²) < 4.78 is 5.86. The number of likely N-dealkylation sites (tertiary alicyclic amines) is 1. The summed E-state index contributed by atoms with van der Waals surface area (Å²) in [5, 5.41) is 8.69. The predicted octanol–water partition coefficient (Wildman–Crippen LogP) is 2.20. The molecule has 2 heterocycles. The molecular weight excluding hydrogens is 352 g/mol. The van der Waals surface area contributed by atoms with E-state index >= 15 is 0 Å². The highest BCUT2D eigenvalue weighted by Gasteiger charge is 2.27. The molecule has 144 valence electrons. The molecule has 2 aliphatic rings. The zero-order chi connectivity index (χ0) is 18.4. The number of rotatable bonds is 6. The van der Waals surface area contributed by atoms with Crippen LogP contribution in [0.3, 0.4) is 0 Å². The van der Waals surface area contributed by atoms with Crippen LogP contribution in [-0.4, -0.2) is 53.6 Å². The Morgan fingerprint density at radius 1 is 1.31 bits per heavy atom. The Hall–Kier alpha value is -1.67. The maximum Gasteiger partial charge on any atom is 0.315 e. The van der Waals surface area contributed by atoms with Gasteiger partial charge in [0.15, 0.2) is 0 Å². The molecule has 1 aliphatic heterocycles. The van der Waals surface area contributed by atoms with Crippen LogP contribution in [0, 0.1) is 6.92 Å². The molecule has 1 aromatic heterocycles. The van der Waals surface area contributed by atoms with E-state index in [2.05, 4.69) is 15.6 Å². The Kier molecular flexibility index (Phi) is 6.85. The molecule has 8 heteroatoms. The summed E-state index contributed by atoms with van der Waals surface area (Å²) in [5.41, 5.74) is 0.943. The van der Waals surface area contributed by atoms with E-state index in [4.69, 9.17) is 4.74 Å². The second-order valence-corrected chi connectivity index (χ2v) is 8.14. The third-order valence-corrected chi connectivity index (χ3v) is 5.79. The maximum atomic E-state index is 12.3. The maximum absolute atomic E-state index is 12.3. The van der Waals surface area contributed by atoms with Crippen molar-refractivity contribution in [3.05, 3.63) is 16.1 Å². The molecule has 0 spiro atoms. The second kappa shape index (κ2) is 9.32. The number of amides is 3. The summed E-state index contributed by atoms with van der Waals surface area (Å²) in [6.07, 6.45) is 6.51. The second-order valence-electron chi connectivity index (χ2n) is 7.08. The number of hydrogen-bond donors (Lipinski definition) is 2. The Labute approximate surface area is 158 Å². The van der Waals surface area contributed by atoms with Crippen LogP contribution in [0.1, 0.15) is 49.2 Å². The van der Waals surface area contributed by atoms with Crippen molar-refractivity contribution in [1.82, 2.24) is 20.5 Å². The number of ether oxygens (including phenoxy) is 1. The highest BCUT2D eigenvalue weighted by atomic mass is 32.1. The summed E-state index contributed by atoms with van der Waals surface area (Å²) in [5.74, 6) is -0.0561. The van der Waals surface area contributed by atoms with Crippen LogP contribution >= 0.6 is 11.3 Å². The first-order chi connectivity index (χ1) is 12.6. The van der Waals surface area contributed by atoms with Gasteiger partial charge in [0.25, 0.3) is 0 Å². The minimum Gasteiger partial charge on any atom is -0.370 e. The fourth-order valence-electron chi connectivity index (χ4n) is 3.52. The van der Waals surface area contributed by atoms with Crippen molar-refractivity contribution in [2.45, 2.75) is 64.2 Å².